The highest BCUT2D eigenvalue weighted by atomic mass is 28.4. The lowest BCUT2D eigenvalue weighted by molar-refractivity contribution is 0.452. The summed E-state index contributed by atoms with van der Waals surface area (Å²) >= 11 is 0. The predicted octanol–water partition coefficient (Wildman–Crippen LogP) is 7.66. The summed E-state index contributed by atoms with van der Waals surface area (Å²) in [5.74, 6) is 1.04. The van der Waals surface area contributed by atoms with Gasteiger partial charge in [0.1, 0.15) is 0 Å². The van der Waals surface area contributed by atoms with Crippen LogP contribution in [0.15, 0.2) is 84.9 Å². The molecule has 3 aromatic carbocycles. The zero-order valence-corrected chi connectivity index (χ0v) is 20.4. The molecule has 0 aliphatic carbocycles. The molecule has 1 aromatic heterocycles. The average molecular weight is 428 g/mol. The summed E-state index contributed by atoms with van der Waals surface area (Å²) < 4.78 is 9.45. The summed E-state index contributed by atoms with van der Waals surface area (Å²) in [6.07, 6.45) is 0.868. The molecule has 2 nitrogen and oxygen atoms in total. The molecule has 160 valence electrons. The molecule has 0 bridgehead atoms. The van der Waals surface area contributed by atoms with Crippen molar-refractivity contribution in [2.75, 3.05) is 0 Å². The van der Waals surface area contributed by atoms with E-state index in [1.165, 1.54) is 27.6 Å². The first-order chi connectivity index (χ1) is 14.8. The molecule has 31 heavy (non-hydrogen) atoms. The van der Waals surface area contributed by atoms with Crippen LogP contribution in [-0.2, 0) is 13.0 Å². The lowest BCUT2D eigenvalue weighted by atomic mass is 10.0. The van der Waals surface area contributed by atoms with Crippen LogP contribution in [0.25, 0.3) is 10.9 Å². The molecule has 0 fully saturated rings. The van der Waals surface area contributed by atoms with E-state index in [-0.39, 0.29) is 5.04 Å². The van der Waals surface area contributed by atoms with E-state index >= 15 is 0 Å². The SMILES string of the molecule is CC(C)(C)[Si](C)(C)Oc1c(Cc2ccccc2)c2ccccc2n1Cc1ccccc1. The van der Waals surface area contributed by atoms with Gasteiger partial charge in [0.05, 0.1) is 12.1 Å². The molecule has 0 saturated carbocycles. The quantitative estimate of drug-likeness (QED) is 0.288. The Morgan fingerprint density at radius 1 is 0.742 bits per heavy atom. The van der Waals surface area contributed by atoms with Gasteiger partial charge in [0.15, 0.2) is 5.88 Å². The maximum absolute atomic E-state index is 7.06. The molecule has 0 unspecified atom stereocenters. The molecule has 0 amide bonds. The van der Waals surface area contributed by atoms with Gasteiger partial charge in [0.2, 0.25) is 0 Å². The largest absolute Gasteiger partial charge is 0.532 e. The standard InChI is InChI=1S/C28H33NOSi/c1-28(2,3)31(4,5)30-27-25(20-22-14-8-6-9-15-22)24-18-12-13-19-26(24)29(27)21-23-16-10-7-11-17-23/h6-19H,20-21H2,1-5H3. The van der Waals surface area contributed by atoms with Gasteiger partial charge in [-0.05, 0) is 35.3 Å². The zero-order chi connectivity index (χ0) is 22.1. The maximum atomic E-state index is 7.06. The van der Waals surface area contributed by atoms with Crippen molar-refractivity contribution in [2.45, 2.75) is 51.9 Å². The summed E-state index contributed by atoms with van der Waals surface area (Å²) in [6, 6.07) is 30.2. The molecule has 3 heteroatoms. The minimum Gasteiger partial charge on any atom is -0.532 e. The highest BCUT2D eigenvalue weighted by molar-refractivity contribution is 6.74. The van der Waals surface area contributed by atoms with Crippen LogP contribution in [-0.4, -0.2) is 12.9 Å². The van der Waals surface area contributed by atoms with Gasteiger partial charge in [-0.1, -0.05) is 99.6 Å². The van der Waals surface area contributed by atoms with Crippen molar-refractivity contribution in [1.82, 2.24) is 4.57 Å². The molecule has 0 spiro atoms. The molecular weight excluding hydrogens is 394 g/mol. The lowest BCUT2D eigenvalue weighted by Crippen LogP contribution is -2.44. The van der Waals surface area contributed by atoms with E-state index in [9.17, 15) is 0 Å². The second kappa shape index (κ2) is 8.39. The van der Waals surface area contributed by atoms with Crippen LogP contribution in [0.2, 0.25) is 18.1 Å². The summed E-state index contributed by atoms with van der Waals surface area (Å²) in [7, 11) is -2.03. The number of para-hydroxylation sites is 1. The van der Waals surface area contributed by atoms with Gasteiger partial charge in [-0.2, -0.15) is 0 Å². The summed E-state index contributed by atoms with van der Waals surface area (Å²) in [4.78, 5) is 0. The predicted molar refractivity (Wildman–Crippen MR) is 135 cm³/mol. The number of hydrogen-bond donors (Lipinski definition) is 0. The third-order valence-corrected chi connectivity index (χ3v) is 10.9. The van der Waals surface area contributed by atoms with Gasteiger partial charge in [-0.25, -0.2) is 0 Å². The second-order valence-electron chi connectivity index (χ2n) is 9.90. The van der Waals surface area contributed by atoms with Crippen molar-refractivity contribution in [3.63, 3.8) is 0 Å². The Hall–Kier alpha value is -2.78. The van der Waals surface area contributed by atoms with Crippen LogP contribution >= 0.6 is 0 Å². The molecule has 0 aliphatic rings. The van der Waals surface area contributed by atoms with E-state index in [0.717, 1.165) is 18.8 Å². The van der Waals surface area contributed by atoms with Crippen LogP contribution in [0.4, 0.5) is 0 Å². The second-order valence-corrected chi connectivity index (χ2v) is 14.6. The molecular formula is C28H33NOSi. The van der Waals surface area contributed by atoms with Crippen LogP contribution in [0.3, 0.4) is 0 Å². The first kappa shape index (κ1) is 21.4. The molecule has 0 atom stereocenters. The summed E-state index contributed by atoms with van der Waals surface area (Å²) in [6.45, 7) is 12.4. The van der Waals surface area contributed by atoms with E-state index in [1.807, 2.05) is 0 Å². The van der Waals surface area contributed by atoms with Crippen molar-refractivity contribution in [1.29, 1.82) is 0 Å². The van der Waals surface area contributed by atoms with Crippen LogP contribution in [0, 0.1) is 0 Å². The molecule has 0 N–H and O–H groups in total. The van der Waals surface area contributed by atoms with Crippen molar-refractivity contribution in [2.24, 2.45) is 0 Å². The minimum atomic E-state index is -2.03. The minimum absolute atomic E-state index is 0.130. The third-order valence-electron chi connectivity index (χ3n) is 6.59. The number of rotatable bonds is 6. The zero-order valence-electron chi connectivity index (χ0n) is 19.4. The fourth-order valence-electron chi connectivity index (χ4n) is 3.76. The van der Waals surface area contributed by atoms with Gasteiger partial charge >= 0.3 is 0 Å². The Bertz CT molecular complexity index is 1080. The van der Waals surface area contributed by atoms with E-state index < -0.39 is 8.32 Å². The molecule has 0 radical (unpaired) electrons. The maximum Gasteiger partial charge on any atom is 0.252 e. The first-order valence-corrected chi connectivity index (χ1v) is 14.0. The van der Waals surface area contributed by atoms with Gasteiger partial charge in [0, 0.05) is 17.4 Å². The summed E-state index contributed by atoms with van der Waals surface area (Å²) in [5, 5.41) is 1.42. The Balaban J connectivity index is 1.91. The molecule has 0 aliphatic heterocycles. The highest BCUT2D eigenvalue weighted by Gasteiger charge is 2.40. The first-order valence-electron chi connectivity index (χ1n) is 11.1. The van der Waals surface area contributed by atoms with Crippen LogP contribution in [0.1, 0.15) is 37.5 Å². The smallest absolute Gasteiger partial charge is 0.252 e. The van der Waals surface area contributed by atoms with Crippen molar-refractivity contribution in [3.8, 4) is 5.88 Å². The number of hydrogen-bond acceptors (Lipinski definition) is 1. The Labute approximate surface area is 187 Å². The highest BCUT2D eigenvalue weighted by Crippen LogP contribution is 2.42. The van der Waals surface area contributed by atoms with Gasteiger partial charge in [-0.3, -0.25) is 0 Å². The van der Waals surface area contributed by atoms with E-state index in [1.54, 1.807) is 0 Å². The van der Waals surface area contributed by atoms with Crippen molar-refractivity contribution >= 4 is 19.2 Å². The monoisotopic (exact) mass is 427 g/mol. The van der Waals surface area contributed by atoms with Gasteiger partial charge in [0.25, 0.3) is 8.32 Å². The molecule has 4 aromatic rings. The number of aromatic nitrogens is 1. The normalized spacial score (nSPS) is 12.3. The fourth-order valence-corrected chi connectivity index (χ4v) is 4.78. The topological polar surface area (TPSA) is 14.2 Å². The third kappa shape index (κ3) is 4.47. The molecule has 0 saturated heterocycles. The molecule has 4 rings (SSSR count). The van der Waals surface area contributed by atoms with E-state index in [2.05, 4.69) is 123 Å². The Morgan fingerprint density at radius 3 is 1.90 bits per heavy atom. The van der Waals surface area contributed by atoms with E-state index in [4.69, 9.17) is 4.43 Å². The molecule has 1 heterocycles. The number of benzene rings is 3. The Kier molecular flexibility index (Phi) is 5.81. The lowest BCUT2D eigenvalue weighted by Gasteiger charge is -2.37. The summed E-state index contributed by atoms with van der Waals surface area (Å²) in [5.41, 5.74) is 5.13. The van der Waals surface area contributed by atoms with Crippen LogP contribution in [0.5, 0.6) is 5.88 Å². The van der Waals surface area contributed by atoms with Crippen molar-refractivity contribution in [3.05, 3.63) is 102 Å². The number of fused-ring (bicyclic) bond motifs is 1. The number of nitrogens with zero attached hydrogens (tertiary/aromatic N) is 1. The Morgan fingerprint density at radius 2 is 1.29 bits per heavy atom. The van der Waals surface area contributed by atoms with E-state index in [0.29, 0.717) is 0 Å². The fraction of sp³-hybridized carbons (Fsp3) is 0.286. The van der Waals surface area contributed by atoms with Gasteiger partial charge < -0.3 is 8.99 Å². The average Bonchev–Trinajstić information content (AvgIpc) is 3.01. The van der Waals surface area contributed by atoms with Crippen LogP contribution < -0.4 is 4.43 Å². The van der Waals surface area contributed by atoms with Crippen molar-refractivity contribution < 1.29 is 4.43 Å². The van der Waals surface area contributed by atoms with Gasteiger partial charge in [-0.15, -0.1) is 0 Å².